The van der Waals surface area contributed by atoms with E-state index in [2.05, 4.69) is 12.2 Å². The van der Waals surface area contributed by atoms with Gasteiger partial charge >= 0.3 is 0 Å². The second-order valence-electron chi connectivity index (χ2n) is 5.76. The lowest BCUT2D eigenvalue weighted by Crippen LogP contribution is -2.53. The first-order valence-corrected chi connectivity index (χ1v) is 7.52. The van der Waals surface area contributed by atoms with Crippen molar-refractivity contribution in [2.75, 3.05) is 26.2 Å². The Kier molecular flexibility index (Phi) is 3.66. The molecule has 2 heterocycles. The quantitative estimate of drug-likeness (QED) is 0.897. The van der Waals surface area contributed by atoms with E-state index in [-0.39, 0.29) is 11.5 Å². The maximum Gasteiger partial charge on any atom is 0.257 e. The molecule has 1 aromatic carbocycles. The summed E-state index contributed by atoms with van der Waals surface area (Å²) in [5, 5.41) is 3.38. The standard InChI is InChI=1S/C16H22N2O2/c1-2-11-18-12-16(7-9-17-10-8-16)20-14-6-4-3-5-13(14)15(18)19/h3-6,17H,2,7-12H2,1H3. The van der Waals surface area contributed by atoms with Gasteiger partial charge in [-0.3, -0.25) is 4.79 Å². The van der Waals surface area contributed by atoms with Crippen molar-refractivity contribution in [3.8, 4) is 5.75 Å². The van der Waals surface area contributed by atoms with E-state index in [1.165, 1.54) is 0 Å². The normalized spacial score (nSPS) is 21.2. The smallest absolute Gasteiger partial charge is 0.257 e. The molecule has 1 aromatic rings. The number of ether oxygens (including phenoxy) is 1. The first kappa shape index (κ1) is 13.4. The maximum atomic E-state index is 12.7. The molecule has 3 rings (SSSR count). The van der Waals surface area contributed by atoms with E-state index in [1.807, 2.05) is 29.2 Å². The number of fused-ring (bicyclic) bond motifs is 1. The van der Waals surface area contributed by atoms with Crippen molar-refractivity contribution in [2.45, 2.75) is 31.8 Å². The van der Waals surface area contributed by atoms with Crippen molar-refractivity contribution in [3.63, 3.8) is 0 Å². The third kappa shape index (κ3) is 2.40. The number of rotatable bonds is 2. The molecule has 4 heteroatoms. The molecule has 20 heavy (non-hydrogen) atoms. The average Bonchev–Trinajstić information content (AvgIpc) is 2.57. The largest absolute Gasteiger partial charge is 0.484 e. The number of hydrogen-bond donors (Lipinski definition) is 1. The monoisotopic (exact) mass is 274 g/mol. The van der Waals surface area contributed by atoms with E-state index in [0.717, 1.165) is 44.6 Å². The summed E-state index contributed by atoms with van der Waals surface area (Å²) in [5.74, 6) is 0.857. The van der Waals surface area contributed by atoms with Crippen LogP contribution in [0.4, 0.5) is 0 Å². The molecule has 1 saturated heterocycles. The van der Waals surface area contributed by atoms with E-state index in [0.29, 0.717) is 12.1 Å². The molecule has 4 nitrogen and oxygen atoms in total. The van der Waals surface area contributed by atoms with Gasteiger partial charge in [-0.05, 0) is 31.6 Å². The highest BCUT2D eigenvalue weighted by Gasteiger charge is 2.41. The van der Waals surface area contributed by atoms with Gasteiger partial charge in [-0.15, -0.1) is 0 Å². The number of nitrogens with one attached hydrogen (secondary N) is 1. The van der Waals surface area contributed by atoms with E-state index < -0.39 is 0 Å². The second kappa shape index (κ2) is 5.44. The van der Waals surface area contributed by atoms with Gasteiger partial charge in [0.15, 0.2) is 0 Å². The Bertz CT molecular complexity index is 495. The molecule has 0 unspecified atom stereocenters. The fourth-order valence-electron chi connectivity index (χ4n) is 3.18. The summed E-state index contributed by atoms with van der Waals surface area (Å²) in [6.07, 6.45) is 2.88. The van der Waals surface area contributed by atoms with Crippen molar-refractivity contribution in [1.82, 2.24) is 10.2 Å². The van der Waals surface area contributed by atoms with Crippen LogP contribution in [0.3, 0.4) is 0 Å². The third-order valence-electron chi connectivity index (χ3n) is 4.22. The first-order valence-electron chi connectivity index (χ1n) is 7.52. The summed E-state index contributed by atoms with van der Waals surface area (Å²) in [6, 6.07) is 7.65. The molecular weight excluding hydrogens is 252 g/mol. The summed E-state index contributed by atoms with van der Waals surface area (Å²) in [5.41, 5.74) is 0.485. The topological polar surface area (TPSA) is 41.6 Å². The first-order chi connectivity index (χ1) is 9.74. The molecule has 0 saturated carbocycles. The van der Waals surface area contributed by atoms with Gasteiger partial charge in [0.05, 0.1) is 12.1 Å². The van der Waals surface area contributed by atoms with Crippen LogP contribution in [0, 0.1) is 0 Å². The Labute approximate surface area is 120 Å². The van der Waals surface area contributed by atoms with E-state index >= 15 is 0 Å². The van der Waals surface area contributed by atoms with Gasteiger partial charge in [-0.25, -0.2) is 0 Å². The minimum atomic E-state index is -0.220. The van der Waals surface area contributed by atoms with Crippen LogP contribution in [0.25, 0.3) is 0 Å². The summed E-state index contributed by atoms with van der Waals surface area (Å²) in [7, 11) is 0. The van der Waals surface area contributed by atoms with Crippen molar-refractivity contribution in [2.24, 2.45) is 0 Å². The number of carbonyl (C=O) groups is 1. The summed E-state index contributed by atoms with van der Waals surface area (Å²) in [6.45, 7) is 5.52. The number of amides is 1. The molecule has 1 amide bonds. The van der Waals surface area contributed by atoms with Crippen molar-refractivity contribution in [3.05, 3.63) is 29.8 Å². The second-order valence-corrected chi connectivity index (χ2v) is 5.76. The lowest BCUT2D eigenvalue weighted by molar-refractivity contribution is 0.0120. The molecule has 0 aliphatic carbocycles. The Morgan fingerprint density at radius 1 is 1.30 bits per heavy atom. The van der Waals surface area contributed by atoms with E-state index in [1.54, 1.807) is 0 Å². The molecule has 108 valence electrons. The number of para-hydroxylation sites is 1. The highest BCUT2D eigenvalue weighted by atomic mass is 16.5. The van der Waals surface area contributed by atoms with Gasteiger partial charge in [-0.1, -0.05) is 19.1 Å². The van der Waals surface area contributed by atoms with Crippen LogP contribution >= 0.6 is 0 Å². The number of piperidine rings is 1. The summed E-state index contributed by atoms with van der Waals surface area (Å²) < 4.78 is 6.33. The summed E-state index contributed by atoms with van der Waals surface area (Å²) in [4.78, 5) is 14.7. The molecule has 0 radical (unpaired) electrons. The molecule has 0 atom stereocenters. The molecule has 2 aliphatic heterocycles. The minimum absolute atomic E-state index is 0.109. The number of hydrogen-bond acceptors (Lipinski definition) is 3. The van der Waals surface area contributed by atoms with Crippen molar-refractivity contribution >= 4 is 5.91 Å². The van der Waals surface area contributed by atoms with Crippen LogP contribution in [-0.4, -0.2) is 42.6 Å². The molecule has 1 spiro atoms. The Hall–Kier alpha value is -1.55. The third-order valence-corrected chi connectivity index (χ3v) is 4.22. The van der Waals surface area contributed by atoms with E-state index in [4.69, 9.17) is 4.74 Å². The molecule has 0 aromatic heterocycles. The molecule has 0 bridgehead atoms. The van der Waals surface area contributed by atoms with Gasteiger partial charge in [0.2, 0.25) is 0 Å². The fraction of sp³-hybridized carbons (Fsp3) is 0.562. The van der Waals surface area contributed by atoms with Gasteiger partial charge in [0.1, 0.15) is 11.4 Å². The highest BCUT2D eigenvalue weighted by Crippen LogP contribution is 2.34. The number of nitrogens with zero attached hydrogens (tertiary/aromatic N) is 1. The van der Waals surface area contributed by atoms with Gasteiger partial charge in [-0.2, -0.15) is 0 Å². The predicted octanol–water partition coefficient (Wildman–Crippen LogP) is 2.05. The van der Waals surface area contributed by atoms with Crippen LogP contribution < -0.4 is 10.1 Å². The van der Waals surface area contributed by atoms with Crippen molar-refractivity contribution < 1.29 is 9.53 Å². The Morgan fingerprint density at radius 2 is 2.05 bits per heavy atom. The number of benzene rings is 1. The lowest BCUT2D eigenvalue weighted by atomic mass is 9.91. The Morgan fingerprint density at radius 3 is 2.80 bits per heavy atom. The number of carbonyl (C=O) groups excluding carboxylic acids is 1. The lowest BCUT2D eigenvalue weighted by Gasteiger charge is -2.39. The zero-order valence-corrected chi connectivity index (χ0v) is 12.0. The van der Waals surface area contributed by atoms with Crippen LogP contribution in [0.15, 0.2) is 24.3 Å². The fourth-order valence-corrected chi connectivity index (χ4v) is 3.18. The van der Waals surface area contributed by atoms with Gasteiger partial charge in [0.25, 0.3) is 5.91 Å². The van der Waals surface area contributed by atoms with Crippen LogP contribution in [-0.2, 0) is 0 Å². The van der Waals surface area contributed by atoms with Crippen LogP contribution in [0.1, 0.15) is 36.5 Å². The van der Waals surface area contributed by atoms with Gasteiger partial charge in [0, 0.05) is 19.4 Å². The maximum absolute atomic E-state index is 12.7. The SMILES string of the molecule is CCCN1CC2(CCNCC2)Oc2ccccc2C1=O. The van der Waals surface area contributed by atoms with E-state index in [9.17, 15) is 4.79 Å². The summed E-state index contributed by atoms with van der Waals surface area (Å²) >= 11 is 0. The zero-order chi connectivity index (χ0) is 14.0. The van der Waals surface area contributed by atoms with Crippen molar-refractivity contribution in [1.29, 1.82) is 0 Å². The molecule has 1 fully saturated rings. The molecule has 2 aliphatic rings. The molecule has 1 N–H and O–H groups in total. The molecular formula is C16H22N2O2. The predicted molar refractivity (Wildman–Crippen MR) is 78.1 cm³/mol. The minimum Gasteiger partial charge on any atom is -0.484 e. The Balaban J connectivity index is 1.99. The zero-order valence-electron chi connectivity index (χ0n) is 12.0. The van der Waals surface area contributed by atoms with Crippen LogP contribution in [0.5, 0.6) is 5.75 Å². The van der Waals surface area contributed by atoms with Crippen LogP contribution in [0.2, 0.25) is 0 Å². The average molecular weight is 274 g/mol. The van der Waals surface area contributed by atoms with Gasteiger partial charge < -0.3 is 15.0 Å². The highest BCUT2D eigenvalue weighted by molar-refractivity contribution is 5.97.